The molecule has 0 aliphatic rings. The van der Waals surface area contributed by atoms with Crippen LogP contribution in [0.25, 0.3) is 11.0 Å². The highest BCUT2D eigenvalue weighted by Gasteiger charge is 2.37. The second-order valence-corrected chi connectivity index (χ2v) is 5.32. The van der Waals surface area contributed by atoms with Crippen molar-refractivity contribution in [3.8, 4) is 5.75 Å². The van der Waals surface area contributed by atoms with Gasteiger partial charge in [-0.05, 0) is 25.0 Å². The SMILES string of the molecule is CCCc1c(OCCCC(=O)NC)ccc2c(C(F)(F)F)noc12. The third-order valence-corrected chi connectivity index (χ3v) is 3.55. The third-order valence-electron chi connectivity index (χ3n) is 3.55. The van der Waals surface area contributed by atoms with E-state index in [1.807, 2.05) is 6.92 Å². The van der Waals surface area contributed by atoms with E-state index in [9.17, 15) is 18.0 Å². The summed E-state index contributed by atoms with van der Waals surface area (Å²) in [5.74, 6) is 0.374. The van der Waals surface area contributed by atoms with Crippen molar-refractivity contribution in [1.82, 2.24) is 10.5 Å². The van der Waals surface area contributed by atoms with Gasteiger partial charge in [0, 0.05) is 19.0 Å². The quantitative estimate of drug-likeness (QED) is 0.778. The van der Waals surface area contributed by atoms with E-state index in [1.54, 1.807) is 7.05 Å². The molecule has 0 saturated carbocycles. The predicted molar refractivity (Wildman–Crippen MR) is 81.8 cm³/mol. The first-order valence-corrected chi connectivity index (χ1v) is 7.70. The highest BCUT2D eigenvalue weighted by Crippen LogP contribution is 2.38. The summed E-state index contributed by atoms with van der Waals surface area (Å²) in [7, 11) is 1.55. The summed E-state index contributed by atoms with van der Waals surface area (Å²) in [6.07, 6.45) is -2.51. The molecule has 132 valence electrons. The number of nitrogens with zero attached hydrogens (tertiary/aromatic N) is 1. The van der Waals surface area contributed by atoms with Crippen molar-refractivity contribution in [3.05, 3.63) is 23.4 Å². The molecule has 0 saturated heterocycles. The van der Waals surface area contributed by atoms with Crippen molar-refractivity contribution in [2.24, 2.45) is 0 Å². The second kappa shape index (κ2) is 7.55. The number of hydrogen-bond acceptors (Lipinski definition) is 4. The van der Waals surface area contributed by atoms with E-state index >= 15 is 0 Å². The lowest BCUT2D eigenvalue weighted by molar-refractivity contribution is -0.141. The second-order valence-electron chi connectivity index (χ2n) is 5.32. The number of carbonyl (C=O) groups excluding carboxylic acids is 1. The van der Waals surface area contributed by atoms with Crippen molar-refractivity contribution in [2.45, 2.75) is 38.8 Å². The van der Waals surface area contributed by atoms with Crippen LogP contribution in [0.3, 0.4) is 0 Å². The molecular weight excluding hydrogens is 325 g/mol. The highest BCUT2D eigenvalue weighted by molar-refractivity contribution is 5.85. The number of aryl methyl sites for hydroxylation is 1. The van der Waals surface area contributed by atoms with E-state index in [1.165, 1.54) is 12.1 Å². The number of alkyl halides is 3. The minimum Gasteiger partial charge on any atom is -0.493 e. The van der Waals surface area contributed by atoms with E-state index in [-0.39, 0.29) is 23.5 Å². The topological polar surface area (TPSA) is 64.4 Å². The van der Waals surface area contributed by atoms with Gasteiger partial charge in [0.05, 0.1) is 12.0 Å². The molecule has 0 bridgehead atoms. The number of rotatable bonds is 7. The third kappa shape index (κ3) is 3.98. The van der Waals surface area contributed by atoms with E-state index < -0.39 is 11.9 Å². The minimum absolute atomic E-state index is 0.0661. The van der Waals surface area contributed by atoms with Crippen LogP contribution in [0.15, 0.2) is 16.7 Å². The molecule has 5 nitrogen and oxygen atoms in total. The van der Waals surface area contributed by atoms with Gasteiger partial charge in [-0.1, -0.05) is 18.5 Å². The molecule has 1 amide bonds. The Kier molecular flexibility index (Phi) is 5.69. The Morgan fingerprint density at radius 1 is 1.38 bits per heavy atom. The van der Waals surface area contributed by atoms with Gasteiger partial charge in [-0.15, -0.1) is 0 Å². The van der Waals surface area contributed by atoms with Gasteiger partial charge in [0.15, 0.2) is 11.3 Å². The maximum Gasteiger partial charge on any atom is 0.437 e. The van der Waals surface area contributed by atoms with E-state index in [0.29, 0.717) is 30.6 Å². The van der Waals surface area contributed by atoms with Crippen molar-refractivity contribution in [3.63, 3.8) is 0 Å². The summed E-state index contributed by atoms with van der Waals surface area (Å²) in [6.45, 7) is 2.20. The zero-order valence-corrected chi connectivity index (χ0v) is 13.5. The number of amides is 1. The van der Waals surface area contributed by atoms with Crippen molar-refractivity contribution in [2.75, 3.05) is 13.7 Å². The summed E-state index contributed by atoms with van der Waals surface area (Å²) in [4.78, 5) is 11.2. The number of fused-ring (bicyclic) bond motifs is 1. The maximum atomic E-state index is 12.9. The number of aromatic nitrogens is 1. The largest absolute Gasteiger partial charge is 0.493 e. The Balaban J connectivity index is 2.24. The van der Waals surface area contributed by atoms with Crippen molar-refractivity contribution >= 4 is 16.9 Å². The van der Waals surface area contributed by atoms with Crippen LogP contribution in [-0.2, 0) is 17.4 Å². The van der Waals surface area contributed by atoms with Crippen LogP contribution in [0.5, 0.6) is 5.75 Å². The van der Waals surface area contributed by atoms with Gasteiger partial charge in [-0.3, -0.25) is 4.79 Å². The smallest absolute Gasteiger partial charge is 0.437 e. The number of nitrogens with one attached hydrogen (secondary N) is 1. The number of benzene rings is 1. The zero-order valence-electron chi connectivity index (χ0n) is 13.5. The molecule has 0 spiro atoms. The molecule has 0 radical (unpaired) electrons. The van der Waals surface area contributed by atoms with Gasteiger partial charge in [-0.25, -0.2) is 0 Å². The van der Waals surface area contributed by atoms with Crippen LogP contribution < -0.4 is 10.1 Å². The molecule has 2 aromatic rings. The first kappa shape index (κ1) is 18.1. The lowest BCUT2D eigenvalue weighted by atomic mass is 10.0. The lowest BCUT2D eigenvalue weighted by Crippen LogP contribution is -2.18. The molecule has 1 aromatic heterocycles. The zero-order chi connectivity index (χ0) is 17.7. The summed E-state index contributed by atoms with van der Waals surface area (Å²) >= 11 is 0. The molecule has 1 aromatic carbocycles. The first-order chi connectivity index (χ1) is 11.4. The summed E-state index contributed by atoms with van der Waals surface area (Å²) < 4.78 is 49.4. The molecule has 0 unspecified atom stereocenters. The monoisotopic (exact) mass is 344 g/mol. The average molecular weight is 344 g/mol. The Morgan fingerprint density at radius 3 is 2.75 bits per heavy atom. The van der Waals surface area contributed by atoms with Crippen LogP contribution >= 0.6 is 0 Å². The summed E-state index contributed by atoms with van der Waals surface area (Å²) in [6, 6.07) is 2.81. The Hall–Kier alpha value is -2.25. The van der Waals surface area contributed by atoms with Crippen LogP contribution in [0.2, 0.25) is 0 Å². The fourth-order valence-corrected chi connectivity index (χ4v) is 2.41. The Morgan fingerprint density at radius 2 is 2.12 bits per heavy atom. The lowest BCUT2D eigenvalue weighted by Gasteiger charge is -2.11. The predicted octanol–water partition coefficient (Wildman–Crippen LogP) is 3.70. The van der Waals surface area contributed by atoms with Crippen LogP contribution in [0.1, 0.15) is 37.4 Å². The van der Waals surface area contributed by atoms with Gasteiger partial charge in [0.2, 0.25) is 5.91 Å². The van der Waals surface area contributed by atoms with Gasteiger partial charge >= 0.3 is 6.18 Å². The molecule has 0 fully saturated rings. The van der Waals surface area contributed by atoms with Gasteiger partial charge in [0.1, 0.15) is 5.75 Å². The Bertz CT molecular complexity index is 710. The molecule has 0 aliphatic carbocycles. The fourth-order valence-electron chi connectivity index (χ4n) is 2.41. The molecule has 0 atom stereocenters. The molecule has 8 heteroatoms. The van der Waals surface area contributed by atoms with Gasteiger partial charge in [0.25, 0.3) is 0 Å². The van der Waals surface area contributed by atoms with Crippen LogP contribution in [0, 0.1) is 0 Å². The number of halogens is 3. The molecule has 0 aliphatic heterocycles. The first-order valence-electron chi connectivity index (χ1n) is 7.70. The van der Waals surface area contributed by atoms with Crippen LogP contribution in [-0.4, -0.2) is 24.7 Å². The number of carbonyl (C=O) groups is 1. The molecule has 24 heavy (non-hydrogen) atoms. The summed E-state index contributed by atoms with van der Waals surface area (Å²) in [5.41, 5.74) is -0.355. The van der Waals surface area contributed by atoms with Crippen molar-refractivity contribution in [1.29, 1.82) is 0 Å². The summed E-state index contributed by atoms with van der Waals surface area (Å²) in [5, 5.41) is 5.62. The minimum atomic E-state index is -4.56. The number of ether oxygens (including phenoxy) is 1. The number of hydrogen-bond donors (Lipinski definition) is 1. The maximum absolute atomic E-state index is 12.9. The normalized spacial score (nSPS) is 11.7. The molecular formula is C16H19F3N2O3. The van der Waals surface area contributed by atoms with Gasteiger partial charge < -0.3 is 14.6 Å². The van der Waals surface area contributed by atoms with Crippen molar-refractivity contribution < 1.29 is 27.2 Å². The standard InChI is InChI=1S/C16H19F3N2O3/c1-3-5-10-12(23-9-4-6-13(22)20-2)8-7-11-14(10)24-21-15(11)16(17,18)19/h7-8H,3-6,9H2,1-2H3,(H,20,22). The van der Waals surface area contributed by atoms with Gasteiger partial charge in [-0.2, -0.15) is 13.2 Å². The Labute approximate surface area is 137 Å². The van der Waals surface area contributed by atoms with Crippen LogP contribution in [0.4, 0.5) is 13.2 Å². The van der Waals surface area contributed by atoms with E-state index in [2.05, 4.69) is 10.5 Å². The van der Waals surface area contributed by atoms with E-state index in [0.717, 1.165) is 6.42 Å². The molecule has 2 rings (SSSR count). The van der Waals surface area contributed by atoms with E-state index in [4.69, 9.17) is 9.26 Å². The highest BCUT2D eigenvalue weighted by atomic mass is 19.4. The molecule has 1 heterocycles. The fraction of sp³-hybridized carbons (Fsp3) is 0.500. The molecule has 1 N–H and O–H groups in total. The average Bonchev–Trinajstić information content (AvgIpc) is 2.97.